The van der Waals surface area contributed by atoms with Crippen LogP contribution in [0.25, 0.3) is 22.4 Å². The predicted molar refractivity (Wildman–Crippen MR) is 156 cm³/mol. The molecule has 2 heterocycles. The molecule has 1 aromatic carbocycles. The summed E-state index contributed by atoms with van der Waals surface area (Å²) in [6.45, 7) is 17.4. The fourth-order valence-electron chi connectivity index (χ4n) is 5.22. The monoisotopic (exact) mass is 521 g/mol. The summed E-state index contributed by atoms with van der Waals surface area (Å²) in [6, 6.07) is 9.80. The Morgan fingerprint density at radius 1 is 1.11 bits per heavy atom. The van der Waals surface area contributed by atoms with Crippen molar-refractivity contribution in [1.82, 2.24) is 14.5 Å². The summed E-state index contributed by atoms with van der Waals surface area (Å²) >= 11 is 0. The Bertz CT molecular complexity index is 1230. The number of fused-ring (bicyclic) bond motifs is 1. The molecule has 2 aromatic heterocycles. The fraction of sp³-hybridized carbons (Fsp3) is 0.552. The normalized spacial score (nSPS) is 16.1. The second-order valence-corrected chi connectivity index (χ2v) is 23.5. The highest BCUT2D eigenvalue weighted by atomic mass is 28.3. The summed E-state index contributed by atoms with van der Waals surface area (Å²) in [6.07, 6.45) is 8.86. The quantitative estimate of drug-likeness (QED) is 0.162. The SMILES string of the molecule is CCC1(C(=O)c2cn(COCC[Si](C)(C)C)c3ncc(-c4cccc([Si](C)(C)C)c4)nc23)CCCC1. The predicted octanol–water partition coefficient (Wildman–Crippen LogP) is 7.11. The zero-order valence-corrected chi connectivity index (χ0v) is 25.3. The van der Waals surface area contributed by atoms with Crippen molar-refractivity contribution in [2.24, 2.45) is 5.41 Å². The van der Waals surface area contributed by atoms with Crippen LogP contribution in [0.4, 0.5) is 0 Å². The molecule has 7 heteroatoms. The smallest absolute Gasteiger partial charge is 0.172 e. The highest BCUT2D eigenvalue weighted by Crippen LogP contribution is 2.44. The molecule has 0 amide bonds. The third kappa shape index (κ3) is 5.73. The number of carbonyl (C=O) groups excluding carboxylic acids is 1. The molecule has 1 saturated carbocycles. The molecule has 0 saturated heterocycles. The summed E-state index contributed by atoms with van der Waals surface area (Å²) in [5.41, 5.74) is 3.77. The van der Waals surface area contributed by atoms with E-state index in [0.717, 1.165) is 61.7 Å². The van der Waals surface area contributed by atoms with Crippen molar-refractivity contribution in [1.29, 1.82) is 0 Å². The molecule has 1 aliphatic rings. The van der Waals surface area contributed by atoms with Crippen molar-refractivity contribution in [2.75, 3.05) is 6.61 Å². The maximum Gasteiger partial charge on any atom is 0.172 e. The average molecular weight is 522 g/mol. The van der Waals surface area contributed by atoms with Gasteiger partial charge in [-0.05, 0) is 25.3 Å². The first-order chi connectivity index (χ1) is 16.9. The van der Waals surface area contributed by atoms with Crippen LogP contribution in [0.5, 0.6) is 0 Å². The topological polar surface area (TPSA) is 57.0 Å². The van der Waals surface area contributed by atoms with Gasteiger partial charge in [-0.1, -0.05) is 88.5 Å². The van der Waals surface area contributed by atoms with Crippen molar-refractivity contribution in [3.05, 3.63) is 42.2 Å². The van der Waals surface area contributed by atoms with E-state index in [2.05, 4.69) is 70.5 Å². The van der Waals surface area contributed by atoms with Gasteiger partial charge in [0.15, 0.2) is 11.4 Å². The Morgan fingerprint density at radius 2 is 1.83 bits per heavy atom. The zero-order chi connectivity index (χ0) is 26.1. The molecule has 1 fully saturated rings. The lowest BCUT2D eigenvalue weighted by Gasteiger charge is -2.25. The highest BCUT2D eigenvalue weighted by molar-refractivity contribution is 6.88. The summed E-state index contributed by atoms with van der Waals surface area (Å²) in [7, 11) is -2.63. The molecule has 0 unspecified atom stereocenters. The van der Waals surface area contributed by atoms with Crippen molar-refractivity contribution in [2.45, 2.75) is 91.1 Å². The molecular weight excluding hydrogens is 479 g/mol. The first-order valence-corrected chi connectivity index (χ1v) is 20.7. The molecular formula is C29H43N3O2Si2. The van der Waals surface area contributed by atoms with Crippen molar-refractivity contribution in [3.8, 4) is 11.3 Å². The second-order valence-electron chi connectivity index (χ2n) is 12.8. The van der Waals surface area contributed by atoms with Crippen LogP contribution in [0.15, 0.2) is 36.7 Å². The molecule has 0 radical (unpaired) electrons. The Labute approximate surface area is 218 Å². The average Bonchev–Trinajstić information content (AvgIpc) is 3.46. The number of Topliss-reactive ketones (excluding diaryl/α,β-unsaturated/α-hetero) is 1. The molecule has 0 aliphatic heterocycles. The minimum atomic E-state index is -1.46. The molecule has 0 bridgehead atoms. The minimum absolute atomic E-state index is 0.232. The maximum atomic E-state index is 14.0. The van der Waals surface area contributed by atoms with E-state index in [1.807, 2.05) is 17.0 Å². The number of ketones is 1. The van der Waals surface area contributed by atoms with E-state index in [1.54, 1.807) is 0 Å². The Hall–Kier alpha value is -2.10. The molecule has 36 heavy (non-hydrogen) atoms. The Kier molecular flexibility index (Phi) is 7.74. The van der Waals surface area contributed by atoms with Crippen LogP contribution in [0.3, 0.4) is 0 Å². The van der Waals surface area contributed by atoms with Gasteiger partial charge in [0, 0.05) is 31.9 Å². The van der Waals surface area contributed by atoms with Crippen LogP contribution in [0.1, 0.15) is 49.4 Å². The van der Waals surface area contributed by atoms with Crippen molar-refractivity contribution in [3.63, 3.8) is 0 Å². The first-order valence-electron chi connectivity index (χ1n) is 13.5. The van der Waals surface area contributed by atoms with E-state index in [9.17, 15) is 4.79 Å². The lowest BCUT2D eigenvalue weighted by atomic mass is 9.77. The highest BCUT2D eigenvalue weighted by Gasteiger charge is 2.41. The van der Waals surface area contributed by atoms with Gasteiger partial charge >= 0.3 is 0 Å². The van der Waals surface area contributed by atoms with Gasteiger partial charge in [0.05, 0.1) is 25.5 Å². The Balaban J connectivity index is 1.75. The third-order valence-electron chi connectivity index (χ3n) is 7.78. The van der Waals surface area contributed by atoms with Gasteiger partial charge in [-0.15, -0.1) is 0 Å². The fourth-order valence-corrected chi connectivity index (χ4v) is 7.16. The lowest BCUT2D eigenvalue weighted by molar-refractivity contribution is 0.0788. The van der Waals surface area contributed by atoms with E-state index in [4.69, 9.17) is 14.7 Å². The van der Waals surface area contributed by atoms with Crippen LogP contribution >= 0.6 is 0 Å². The Morgan fingerprint density at radius 3 is 2.47 bits per heavy atom. The third-order valence-corrected chi connectivity index (χ3v) is 11.5. The molecule has 194 valence electrons. The second kappa shape index (κ2) is 10.3. The van der Waals surface area contributed by atoms with E-state index in [0.29, 0.717) is 17.8 Å². The van der Waals surface area contributed by atoms with Crippen LogP contribution in [-0.4, -0.2) is 43.1 Å². The molecule has 3 aromatic rings. The largest absolute Gasteiger partial charge is 0.361 e. The molecule has 1 aliphatic carbocycles. The maximum absolute atomic E-state index is 14.0. The van der Waals surface area contributed by atoms with Gasteiger partial charge in [0.2, 0.25) is 0 Å². The molecule has 0 N–H and O–H groups in total. The van der Waals surface area contributed by atoms with E-state index < -0.39 is 16.1 Å². The number of hydrogen-bond acceptors (Lipinski definition) is 4. The van der Waals surface area contributed by atoms with Crippen LogP contribution < -0.4 is 5.19 Å². The van der Waals surface area contributed by atoms with Crippen molar-refractivity contribution >= 4 is 38.3 Å². The summed E-state index contributed by atoms with van der Waals surface area (Å²) in [4.78, 5) is 23.9. The van der Waals surface area contributed by atoms with E-state index in [1.165, 1.54) is 5.19 Å². The zero-order valence-electron chi connectivity index (χ0n) is 23.3. The standard InChI is InChI=1S/C29H43N3O2Si2/c1-8-29(14-9-10-15-29)27(33)24-20-32(21-34-16-17-35(2,3)4)28-26(24)31-25(19-30-28)22-12-11-13-23(18-22)36(5,6)7/h11-13,18-20H,8-10,14-17,21H2,1-7H3. The minimum Gasteiger partial charge on any atom is -0.361 e. The van der Waals surface area contributed by atoms with Crippen LogP contribution in [-0.2, 0) is 11.5 Å². The number of hydrogen-bond donors (Lipinski definition) is 0. The van der Waals surface area contributed by atoms with Gasteiger partial charge in [0.25, 0.3) is 0 Å². The molecule has 4 rings (SSSR count). The van der Waals surface area contributed by atoms with Crippen LogP contribution in [0.2, 0.25) is 45.3 Å². The summed E-state index contributed by atoms with van der Waals surface area (Å²) in [5.74, 6) is 0.232. The van der Waals surface area contributed by atoms with Gasteiger partial charge in [-0.3, -0.25) is 4.79 Å². The summed E-state index contributed by atoms with van der Waals surface area (Å²) in [5, 5.41) is 1.39. The van der Waals surface area contributed by atoms with Crippen LogP contribution in [0, 0.1) is 5.41 Å². The molecule has 5 nitrogen and oxygen atoms in total. The molecule has 0 atom stereocenters. The number of benzene rings is 1. The van der Waals surface area contributed by atoms with Crippen molar-refractivity contribution < 1.29 is 9.53 Å². The number of rotatable bonds is 10. The first kappa shape index (κ1) is 27.0. The summed E-state index contributed by atoms with van der Waals surface area (Å²) < 4.78 is 8.05. The number of ether oxygens (including phenoxy) is 1. The number of carbonyl (C=O) groups is 1. The number of aromatic nitrogens is 3. The van der Waals surface area contributed by atoms with Gasteiger partial charge < -0.3 is 9.30 Å². The van der Waals surface area contributed by atoms with Gasteiger partial charge in [-0.2, -0.15) is 0 Å². The van der Waals surface area contributed by atoms with E-state index >= 15 is 0 Å². The lowest BCUT2D eigenvalue weighted by Crippen LogP contribution is -2.37. The number of nitrogens with zero attached hydrogens (tertiary/aromatic N) is 3. The molecule has 0 spiro atoms. The van der Waals surface area contributed by atoms with Gasteiger partial charge in [0.1, 0.15) is 12.2 Å². The van der Waals surface area contributed by atoms with Gasteiger partial charge in [-0.25, -0.2) is 9.97 Å². The van der Waals surface area contributed by atoms with E-state index in [-0.39, 0.29) is 11.2 Å².